The van der Waals surface area contributed by atoms with E-state index in [-0.39, 0.29) is 11.5 Å². The number of hydrogen-bond acceptors (Lipinski definition) is 8. The molecule has 2 heterocycles. The van der Waals surface area contributed by atoms with Crippen LogP contribution in [-0.2, 0) is 4.79 Å². The third-order valence-electron chi connectivity index (χ3n) is 5.28. The first-order valence-corrected chi connectivity index (χ1v) is 11.1. The van der Waals surface area contributed by atoms with Gasteiger partial charge in [-0.2, -0.15) is 0 Å². The van der Waals surface area contributed by atoms with Gasteiger partial charge < -0.3 is 21.3 Å². The number of nitrogens with two attached hydrogens (primary N) is 2. The number of nitro groups is 1. The van der Waals surface area contributed by atoms with Gasteiger partial charge in [-0.15, -0.1) is 0 Å². The van der Waals surface area contributed by atoms with Crippen molar-refractivity contribution in [2.75, 3.05) is 19.6 Å². The average molecular weight is 478 g/mol. The number of hydrogen-bond donors (Lipinski definition) is 2. The smallest absolute Gasteiger partial charge is 0.270 e. The monoisotopic (exact) mass is 477 g/mol. The van der Waals surface area contributed by atoms with Crippen molar-refractivity contribution in [2.24, 2.45) is 27.4 Å². The zero-order chi connectivity index (χ0) is 23.3. The van der Waals surface area contributed by atoms with Crippen molar-refractivity contribution in [3.8, 4) is 0 Å². The topological polar surface area (TPSA) is 143 Å². The van der Waals surface area contributed by atoms with Crippen molar-refractivity contribution in [1.29, 1.82) is 0 Å². The van der Waals surface area contributed by atoms with Crippen LogP contribution in [0.5, 0.6) is 0 Å². The van der Waals surface area contributed by atoms with E-state index in [0.29, 0.717) is 39.1 Å². The zero-order valence-electron chi connectivity index (χ0n) is 17.3. The van der Waals surface area contributed by atoms with Crippen molar-refractivity contribution >= 4 is 46.5 Å². The molecule has 32 heavy (non-hydrogen) atoms. The molecule has 12 heteroatoms. The van der Waals surface area contributed by atoms with Crippen LogP contribution in [0, 0.1) is 16.0 Å². The number of nitro benzene ring substituents is 1. The predicted molar refractivity (Wildman–Crippen MR) is 126 cm³/mol. The Kier molecular flexibility index (Phi) is 7.75. The Bertz CT molecular complexity index is 999. The number of piperidine rings is 1. The summed E-state index contributed by atoms with van der Waals surface area (Å²) in [7, 11) is 0. The number of amidine groups is 2. The Hall–Kier alpha value is -3.05. The molecule has 0 atom stereocenters. The number of aliphatic imine (C=N–C) groups is 2. The molecule has 2 aliphatic rings. The maximum Gasteiger partial charge on any atom is 0.270 e. The van der Waals surface area contributed by atoms with Crippen LogP contribution in [0.2, 0.25) is 5.02 Å². The van der Waals surface area contributed by atoms with E-state index in [0.717, 1.165) is 38.8 Å². The number of nitrogens with zero attached hydrogens (tertiary/aromatic N) is 5. The molecule has 3 rings (SSSR count). The number of thioether (sulfide) groups is 1. The molecule has 1 aromatic rings. The standard InChI is InChI=1S/C20H24ClN7O3S/c1-2-24-19-17(18(22)23)25-20(32-16-11-14(28(30)31)3-4-15(16)21)27(19)10-7-13-5-8-26(12-29)9-6-13/h2-4,11-13H,1,5-10,22-23H2/b24-19+. The van der Waals surface area contributed by atoms with Gasteiger partial charge in [0.05, 0.1) is 9.95 Å². The molecule has 0 aromatic heterocycles. The van der Waals surface area contributed by atoms with E-state index < -0.39 is 4.92 Å². The summed E-state index contributed by atoms with van der Waals surface area (Å²) in [4.78, 5) is 34.7. The summed E-state index contributed by atoms with van der Waals surface area (Å²) < 4.78 is 0. The lowest BCUT2D eigenvalue weighted by Crippen LogP contribution is -2.36. The highest BCUT2D eigenvalue weighted by atomic mass is 35.5. The van der Waals surface area contributed by atoms with Gasteiger partial charge in [0, 0.05) is 42.9 Å². The van der Waals surface area contributed by atoms with E-state index in [1.54, 1.807) is 4.90 Å². The largest absolute Gasteiger partial charge is 0.384 e. The summed E-state index contributed by atoms with van der Waals surface area (Å²) in [6, 6.07) is 4.23. The first-order chi connectivity index (χ1) is 15.3. The molecule has 0 bridgehead atoms. The molecular weight excluding hydrogens is 454 g/mol. The first-order valence-electron chi connectivity index (χ1n) is 9.95. The van der Waals surface area contributed by atoms with E-state index in [4.69, 9.17) is 23.1 Å². The molecule has 1 saturated heterocycles. The van der Waals surface area contributed by atoms with Crippen LogP contribution in [-0.4, -0.2) is 51.8 Å². The SMILES string of the molecule is C=C/N=C1\C(=C(N)N)N=C(Sc2cc([N+](=O)[O-])ccc2Cl)N1CCC1CCN(C=O)CC1. The van der Waals surface area contributed by atoms with Gasteiger partial charge in [-0.05, 0) is 43.0 Å². The molecule has 0 spiro atoms. The minimum atomic E-state index is -0.478. The van der Waals surface area contributed by atoms with Crippen molar-refractivity contribution in [3.63, 3.8) is 0 Å². The van der Waals surface area contributed by atoms with E-state index in [9.17, 15) is 14.9 Å². The molecule has 0 saturated carbocycles. The van der Waals surface area contributed by atoms with Crippen LogP contribution in [0.1, 0.15) is 19.3 Å². The molecule has 1 amide bonds. The molecule has 1 aromatic carbocycles. The number of carbonyl (C=O) groups excluding carboxylic acids is 1. The molecule has 0 aliphatic carbocycles. The van der Waals surface area contributed by atoms with Gasteiger partial charge in [0.1, 0.15) is 11.5 Å². The summed E-state index contributed by atoms with van der Waals surface area (Å²) >= 11 is 7.48. The van der Waals surface area contributed by atoms with Crippen LogP contribution >= 0.6 is 23.4 Å². The van der Waals surface area contributed by atoms with Crippen molar-refractivity contribution in [3.05, 3.63) is 57.6 Å². The number of halogens is 1. The van der Waals surface area contributed by atoms with Crippen LogP contribution in [0.4, 0.5) is 5.69 Å². The molecular formula is C20H24ClN7O3S. The molecule has 1 fully saturated rings. The highest BCUT2D eigenvalue weighted by Crippen LogP contribution is 2.36. The van der Waals surface area contributed by atoms with E-state index in [1.807, 2.05) is 4.90 Å². The van der Waals surface area contributed by atoms with Gasteiger partial charge in [0.25, 0.3) is 5.69 Å². The molecule has 4 N–H and O–H groups in total. The number of amides is 1. The Labute approximate surface area is 194 Å². The summed E-state index contributed by atoms with van der Waals surface area (Å²) in [6.07, 6.45) is 4.94. The van der Waals surface area contributed by atoms with Gasteiger partial charge in [-0.3, -0.25) is 14.9 Å². The van der Waals surface area contributed by atoms with Crippen molar-refractivity contribution in [1.82, 2.24) is 9.80 Å². The maximum absolute atomic E-state index is 11.2. The number of benzene rings is 1. The fraction of sp³-hybridized carbons (Fsp3) is 0.350. The van der Waals surface area contributed by atoms with Crippen molar-refractivity contribution in [2.45, 2.75) is 24.2 Å². The molecule has 0 radical (unpaired) electrons. The van der Waals surface area contributed by atoms with E-state index in [2.05, 4.69) is 16.6 Å². The van der Waals surface area contributed by atoms with E-state index >= 15 is 0 Å². The fourth-order valence-electron chi connectivity index (χ4n) is 3.56. The van der Waals surface area contributed by atoms with Gasteiger partial charge in [0.2, 0.25) is 6.41 Å². The normalized spacial score (nSPS) is 18.1. The van der Waals surface area contributed by atoms with Gasteiger partial charge in [0.15, 0.2) is 11.0 Å². The van der Waals surface area contributed by atoms with Crippen LogP contribution in [0.25, 0.3) is 0 Å². The molecule has 170 valence electrons. The maximum atomic E-state index is 11.2. The summed E-state index contributed by atoms with van der Waals surface area (Å²) in [6.45, 7) is 5.72. The quantitative estimate of drug-likeness (QED) is 0.349. The first kappa shape index (κ1) is 23.6. The van der Waals surface area contributed by atoms with Gasteiger partial charge in [-0.25, -0.2) is 9.98 Å². The Morgan fingerprint density at radius 3 is 2.72 bits per heavy atom. The van der Waals surface area contributed by atoms with Crippen molar-refractivity contribution < 1.29 is 9.72 Å². The molecule has 10 nitrogen and oxygen atoms in total. The van der Waals surface area contributed by atoms with E-state index in [1.165, 1.54) is 36.2 Å². The third-order valence-corrected chi connectivity index (χ3v) is 6.77. The lowest BCUT2D eigenvalue weighted by molar-refractivity contribution is -0.385. The Morgan fingerprint density at radius 2 is 2.12 bits per heavy atom. The fourth-order valence-corrected chi connectivity index (χ4v) is 4.76. The average Bonchev–Trinajstić information content (AvgIpc) is 3.11. The van der Waals surface area contributed by atoms with Gasteiger partial charge >= 0.3 is 0 Å². The Balaban J connectivity index is 1.85. The molecule has 0 unspecified atom stereocenters. The van der Waals surface area contributed by atoms with Crippen LogP contribution in [0.15, 0.2) is 57.4 Å². The van der Waals surface area contributed by atoms with Crippen LogP contribution < -0.4 is 11.5 Å². The summed E-state index contributed by atoms with van der Waals surface area (Å²) in [5.41, 5.74) is 11.9. The molecule has 2 aliphatic heterocycles. The number of likely N-dealkylation sites (tertiary alicyclic amines) is 1. The summed E-state index contributed by atoms with van der Waals surface area (Å²) in [5.74, 6) is 0.914. The van der Waals surface area contributed by atoms with Crippen LogP contribution in [0.3, 0.4) is 0 Å². The minimum absolute atomic E-state index is 0.00984. The second kappa shape index (κ2) is 10.5. The lowest BCUT2D eigenvalue weighted by Gasteiger charge is -2.30. The number of rotatable bonds is 7. The lowest BCUT2D eigenvalue weighted by atomic mass is 9.93. The predicted octanol–water partition coefficient (Wildman–Crippen LogP) is 2.90. The zero-order valence-corrected chi connectivity index (χ0v) is 18.9. The number of non-ortho nitro benzene ring substituents is 1. The Morgan fingerprint density at radius 1 is 1.41 bits per heavy atom. The highest BCUT2D eigenvalue weighted by Gasteiger charge is 2.32. The highest BCUT2D eigenvalue weighted by molar-refractivity contribution is 8.14. The summed E-state index contributed by atoms with van der Waals surface area (Å²) in [5, 5.41) is 12.1. The second-order valence-corrected chi connectivity index (χ2v) is 8.75. The second-order valence-electron chi connectivity index (χ2n) is 7.33. The third kappa shape index (κ3) is 5.40. The van der Waals surface area contributed by atoms with Gasteiger partial charge in [-0.1, -0.05) is 18.2 Å². The number of carbonyl (C=O) groups is 1. The minimum Gasteiger partial charge on any atom is -0.384 e.